The lowest BCUT2D eigenvalue weighted by Gasteiger charge is -2.38. The molecule has 1 N–H and O–H groups in total. The molecule has 26 heavy (non-hydrogen) atoms. The minimum Gasteiger partial charge on any atom is -0.378 e. The molecule has 0 bridgehead atoms. The maximum atomic E-state index is 13.8. The van der Waals surface area contributed by atoms with Crippen molar-refractivity contribution in [1.82, 2.24) is 15.1 Å². The summed E-state index contributed by atoms with van der Waals surface area (Å²) in [6.45, 7) is 3.85. The van der Waals surface area contributed by atoms with Gasteiger partial charge in [0, 0.05) is 24.8 Å². The van der Waals surface area contributed by atoms with Crippen LogP contribution < -0.4 is 5.32 Å². The monoisotopic (exact) mass is 359 g/mol. The molecule has 4 rings (SSSR count). The van der Waals surface area contributed by atoms with Gasteiger partial charge >= 0.3 is 6.03 Å². The Morgan fingerprint density at radius 3 is 2.65 bits per heavy atom. The van der Waals surface area contributed by atoms with Crippen LogP contribution in [0.25, 0.3) is 0 Å². The molecule has 3 amide bonds. The van der Waals surface area contributed by atoms with Crippen LogP contribution in [0.4, 0.5) is 9.18 Å². The number of urea groups is 1. The third kappa shape index (κ3) is 3.07. The fraction of sp³-hybridized carbons (Fsp3) is 0.474. The van der Waals surface area contributed by atoms with E-state index in [9.17, 15) is 14.0 Å². The van der Waals surface area contributed by atoms with Gasteiger partial charge in [-0.1, -0.05) is 12.1 Å². The number of amides is 3. The first kappa shape index (κ1) is 17.0. The van der Waals surface area contributed by atoms with Crippen LogP contribution >= 0.6 is 0 Å². The van der Waals surface area contributed by atoms with Crippen molar-refractivity contribution in [2.75, 3.05) is 26.3 Å². The maximum Gasteiger partial charge on any atom is 0.322 e. The minimum absolute atomic E-state index is 0.120. The van der Waals surface area contributed by atoms with Gasteiger partial charge in [-0.25, -0.2) is 9.18 Å². The third-order valence-corrected chi connectivity index (χ3v) is 5.15. The number of ether oxygens (including phenoxy) is 1. The van der Waals surface area contributed by atoms with Crippen LogP contribution in [0.5, 0.6) is 0 Å². The number of hydrogen-bond donors (Lipinski definition) is 1. The number of carbonyl (C=O) groups excluding carboxylic acids is 2. The Kier molecular flexibility index (Phi) is 4.40. The summed E-state index contributed by atoms with van der Waals surface area (Å²) in [6, 6.07) is 5.33. The Hall–Kier alpha value is -2.41. The van der Waals surface area contributed by atoms with Gasteiger partial charge in [0.1, 0.15) is 5.82 Å². The molecule has 3 aliphatic rings. The summed E-state index contributed by atoms with van der Waals surface area (Å²) in [6.07, 6.45) is 1.88. The summed E-state index contributed by atoms with van der Waals surface area (Å²) in [5.41, 5.74) is 1.76. The molecule has 2 fully saturated rings. The molecule has 6 nitrogen and oxygen atoms in total. The molecule has 1 atom stereocenters. The number of hydrogen-bond acceptors (Lipinski definition) is 3. The van der Waals surface area contributed by atoms with E-state index in [4.69, 9.17) is 4.74 Å². The lowest BCUT2D eigenvalue weighted by Crippen LogP contribution is -2.51. The largest absolute Gasteiger partial charge is 0.378 e. The van der Waals surface area contributed by atoms with Gasteiger partial charge in [-0.3, -0.25) is 9.69 Å². The van der Waals surface area contributed by atoms with Crippen molar-refractivity contribution in [3.63, 3.8) is 0 Å². The SMILES string of the molecule is CC1=C(C(=O)N2CCOCC2)C(c2cccc(F)c2)NC(=O)N1C1CC1. The fourth-order valence-corrected chi connectivity index (χ4v) is 3.68. The topological polar surface area (TPSA) is 61.9 Å². The Morgan fingerprint density at radius 2 is 2.00 bits per heavy atom. The average molecular weight is 359 g/mol. The number of nitrogens with one attached hydrogen (secondary N) is 1. The van der Waals surface area contributed by atoms with Crippen molar-refractivity contribution < 1.29 is 18.7 Å². The Bertz CT molecular complexity index is 769. The molecule has 138 valence electrons. The van der Waals surface area contributed by atoms with Crippen molar-refractivity contribution in [2.24, 2.45) is 0 Å². The van der Waals surface area contributed by atoms with E-state index >= 15 is 0 Å². The van der Waals surface area contributed by atoms with Gasteiger partial charge in [-0.2, -0.15) is 0 Å². The second-order valence-electron chi connectivity index (χ2n) is 6.94. The predicted octanol–water partition coefficient (Wildman–Crippen LogP) is 2.19. The van der Waals surface area contributed by atoms with E-state index in [-0.39, 0.29) is 18.0 Å². The molecule has 0 aromatic heterocycles. The number of halogens is 1. The summed E-state index contributed by atoms with van der Waals surface area (Å²) in [5.74, 6) is -0.511. The zero-order valence-corrected chi connectivity index (χ0v) is 14.7. The highest BCUT2D eigenvalue weighted by Gasteiger charge is 2.43. The molecule has 0 spiro atoms. The quantitative estimate of drug-likeness (QED) is 0.900. The van der Waals surface area contributed by atoms with Crippen LogP contribution in [0.15, 0.2) is 35.5 Å². The van der Waals surface area contributed by atoms with Crippen molar-refractivity contribution in [3.8, 4) is 0 Å². The van der Waals surface area contributed by atoms with E-state index in [0.717, 1.165) is 12.8 Å². The molecule has 0 radical (unpaired) electrons. The number of nitrogens with zero attached hydrogens (tertiary/aromatic N) is 2. The molecule has 1 aliphatic carbocycles. The minimum atomic E-state index is -0.649. The van der Waals surface area contributed by atoms with Crippen LogP contribution in [0, 0.1) is 5.82 Å². The zero-order valence-electron chi connectivity index (χ0n) is 14.7. The molecular formula is C19H22FN3O3. The summed E-state index contributed by atoms with van der Waals surface area (Å²) in [7, 11) is 0. The number of benzene rings is 1. The molecule has 1 aromatic carbocycles. The van der Waals surface area contributed by atoms with Crippen LogP contribution in [-0.4, -0.2) is 54.1 Å². The van der Waals surface area contributed by atoms with Gasteiger partial charge in [0.05, 0.1) is 24.8 Å². The summed E-state index contributed by atoms with van der Waals surface area (Å²) >= 11 is 0. The van der Waals surface area contributed by atoms with E-state index in [1.54, 1.807) is 21.9 Å². The molecule has 1 aromatic rings. The van der Waals surface area contributed by atoms with Gasteiger partial charge in [-0.05, 0) is 37.5 Å². The van der Waals surface area contributed by atoms with Gasteiger partial charge in [0.25, 0.3) is 5.91 Å². The highest BCUT2D eigenvalue weighted by molar-refractivity contribution is 5.98. The predicted molar refractivity (Wildman–Crippen MR) is 92.6 cm³/mol. The van der Waals surface area contributed by atoms with Gasteiger partial charge in [-0.15, -0.1) is 0 Å². The standard InChI is InChI=1S/C19H22FN3O3/c1-12-16(18(24)22-7-9-26-10-8-22)17(13-3-2-4-14(20)11-13)21-19(25)23(12)15-5-6-15/h2-4,11,15,17H,5-10H2,1H3,(H,21,25). The lowest BCUT2D eigenvalue weighted by molar-refractivity contribution is -0.131. The number of rotatable bonds is 3. The summed E-state index contributed by atoms with van der Waals surface area (Å²) < 4.78 is 19.1. The normalized spacial score (nSPS) is 23.9. The van der Waals surface area contributed by atoms with Crippen LogP contribution in [0.3, 0.4) is 0 Å². The summed E-state index contributed by atoms with van der Waals surface area (Å²) in [4.78, 5) is 29.3. The van der Waals surface area contributed by atoms with Crippen molar-refractivity contribution >= 4 is 11.9 Å². The smallest absolute Gasteiger partial charge is 0.322 e. The number of allylic oxidation sites excluding steroid dienone is 1. The molecule has 7 heteroatoms. The number of carbonyl (C=O) groups is 2. The van der Waals surface area contributed by atoms with E-state index in [2.05, 4.69) is 5.32 Å². The maximum absolute atomic E-state index is 13.8. The van der Waals surface area contributed by atoms with E-state index in [1.165, 1.54) is 12.1 Å². The second kappa shape index (κ2) is 6.72. The Labute approximate surface area is 151 Å². The third-order valence-electron chi connectivity index (χ3n) is 5.15. The van der Waals surface area contributed by atoms with E-state index in [0.29, 0.717) is 43.1 Å². The average Bonchev–Trinajstić information content (AvgIpc) is 3.46. The first-order valence-electron chi connectivity index (χ1n) is 8.99. The van der Waals surface area contributed by atoms with Gasteiger partial charge in [0.15, 0.2) is 0 Å². The highest BCUT2D eigenvalue weighted by Crippen LogP contribution is 2.38. The van der Waals surface area contributed by atoms with Crippen LogP contribution in [0.2, 0.25) is 0 Å². The van der Waals surface area contributed by atoms with Crippen molar-refractivity contribution in [3.05, 3.63) is 46.9 Å². The first-order chi connectivity index (χ1) is 12.6. The molecule has 1 saturated carbocycles. The lowest BCUT2D eigenvalue weighted by atomic mass is 9.93. The molecule has 1 unspecified atom stereocenters. The fourth-order valence-electron chi connectivity index (χ4n) is 3.68. The number of morpholine rings is 1. The highest BCUT2D eigenvalue weighted by atomic mass is 19.1. The van der Waals surface area contributed by atoms with E-state index < -0.39 is 11.9 Å². The Balaban J connectivity index is 1.76. The van der Waals surface area contributed by atoms with Crippen LogP contribution in [-0.2, 0) is 9.53 Å². The van der Waals surface area contributed by atoms with Gasteiger partial charge < -0.3 is 15.0 Å². The molecule has 2 aliphatic heterocycles. The zero-order chi connectivity index (χ0) is 18.3. The van der Waals surface area contributed by atoms with E-state index in [1.807, 2.05) is 6.92 Å². The second-order valence-corrected chi connectivity index (χ2v) is 6.94. The van der Waals surface area contributed by atoms with Crippen molar-refractivity contribution in [1.29, 1.82) is 0 Å². The molecular weight excluding hydrogens is 337 g/mol. The molecule has 1 saturated heterocycles. The van der Waals surface area contributed by atoms with Crippen molar-refractivity contribution in [2.45, 2.75) is 31.8 Å². The Morgan fingerprint density at radius 1 is 1.27 bits per heavy atom. The molecule has 2 heterocycles. The summed E-state index contributed by atoms with van der Waals surface area (Å²) in [5, 5.41) is 2.92. The van der Waals surface area contributed by atoms with Crippen LogP contribution in [0.1, 0.15) is 31.4 Å². The van der Waals surface area contributed by atoms with Gasteiger partial charge in [0.2, 0.25) is 0 Å². The first-order valence-corrected chi connectivity index (χ1v) is 8.99.